The van der Waals surface area contributed by atoms with Crippen LogP contribution in [0.15, 0.2) is 83.3 Å². The number of hydrogen-bond acceptors (Lipinski definition) is 1. The molecule has 1 aromatic heterocycles. The van der Waals surface area contributed by atoms with Gasteiger partial charge in [0.15, 0.2) is 0 Å². The summed E-state index contributed by atoms with van der Waals surface area (Å²) in [6.07, 6.45) is 0. The molecule has 2 heteroatoms. The van der Waals surface area contributed by atoms with Gasteiger partial charge in [-0.1, -0.05) is 66.2 Å². The van der Waals surface area contributed by atoms with Gasteiger partial charge < -0.3 is 4.42 Å². The topological polar surface area (TPSA) is 13.1 Å². The van der Waals surface area contributed by atoms with Crippen molar-refractivity contribution in [2.75, 3.05) is 0 Å². The highest BCUT2D eigenvalue weighted by atomic mass is 35.5. The van der Waals surface area contributed by atoms with Crippen LogP contribution in [-0.2, 0) is 0 Å². The molecule has 0 aliphatic carbocycles. The third-order valence-corrected chi connectivity index (χ3v) is 5.63. The Labute approximate surface area is 154 Å². The van der Waals surface area contributed by atoms with Crippen LogP contribution in [0.1, 0.15) is 0 Å². The number of para-hydroxylation sites is 1. The van der Waals surface area contributed by atoms with Crippen LogP contribution < -0.4 is 0 Å². The summed E-state index contributed by atoms with van der Waals surface area (Å²) in [4.78, 5) is 0. The van der Waals surface area contributed by atoms with Crippen LogP contribution >= 0.6 is 11.6 Å². The van der Waals surface area contributed by atoms with E-state index in [0.717, 1.165) is 32.3 Å². The van der Waals surface area contributed by atoms with Gasteiger partial charge >= 0.3 is 0 Å². The lowest BCUT2D eigenvalue weighted by molar-refractivity contribution is 0.669. The molecule has 0 fully saturated rings. The predicted octanol–water partition coefficient (Wildman–Crippen LogP) is 7.70. The summed E-state index contributed by atoms with van der Waals surface area (Å²) in [7, 11) is 0. The SMILES string of the molecule is Clc1cccc2c3ccccc3c3c(ccc4oc5ccccc5c43)c12. The van der Waals surface area contributed by atoms with E-state index in [9.17, 15) is 0 Å². The van der Waals surface area contributed by atoms with E-state index in [2.05, 4.69) is 54.6 Å². The van der Waals surface area contributed by atoms with Crippen molar-refractivity contribution in [2.45, 2.75) is 0 Å². The fourth-order valence-corrected chi connectivity index (χ4v) is 4.54. The first-order chi connectivity index (χ1) is 12.8. The van der Waals surface area contributed by atoms with Gasteiger partial charge in [0.1, 0.15) is 11.2 Å². The lowest BCUT2D eigenvalue weighted by atomic mass is 9.92. The van der Waals surface area contributed by atoms with Crippen molar-refractivity contribution < 1.29 is 4.42 Å². The van der Waals surface area contributed by atoms with E-state index in [1.807, 2.05) is 24.3 Å². The summed E-state index contributed by atoms with van der Waals surface area (Å²) in [5.74, 6) is 0. The molecule has 6 aromatic rings. The second-order valence-corrected chi connectivity index (χ2v) is 7.07. The molecule has 0 N–H and O–H groups in total. The van der Waals surface area contributed by atoms with Gasteiger partial charge in [-0.05, 0) is 45.8 Å². The molecule has 0 saturated carbocycles. The zero-order valence-electron chi connectivity index (χ0n) is 13.8. The first-order valence-electron chi connectivity index (χ1n) is 8.66. The van der Waals surface area contributed by atoms with Gasteiger partial charge in [-0.3, -0.25) is 0 Å². The summed E-state index contributed by atoms with van der Waals surface area (Å²) < 4.78 is 6.12. The lowest BCUT2D eigenvalue weighted by Crippen LogP contribution is -1.85. The maximum atomic E-state index is 6.66. The number of halogens is 1. The van der Waals surface area contributed by atoms with E-state index in [-0.39, 0.29) is 0 Å². The van der Waals surface area contributed by atoms with Crippen molar-refractivity contribution in [1.29, 1.82) is 0 Å². The number of rotatable bonds is 0. The van der Waals surface area contributed by atoms with E-state index >= 15 is 0 Å². The van der Waals surface area contributed by atoms with Crippen LogP contribution in [0.5, 0.6) is 0 Å². The first-order valence-corrected chi connectivity index (χ1v) is 9.03. The van der Waals surface area contributed by atoms with E-state index in [4.69, 9.17) is 16.0 Å². The Morgan fingerprint density at radius 3 is 2.04 bits per heavy atom. The van der Waals surface area contributed by atoms with Gasteiger partial charge in [-0.25, -0.2) is 0 Å². The van der Waals surface area contributed by atoms with Crippen molar-refractivity contribution in [3.63, 3.8) is 0 Å². The monoisotopic (exact) mass is 352 g/mol. The molecule has 0 amide bonds. The molecule has 0 aliphatic heterocycles. The molecule has 6 rings (SSSR count). The molecule has 5 aromatic carbocycles. The van der Waals surface area contributed by atoms with Crippen molar-refractivity contribution >= 4 is 65.9 Å². The summed E-state index contributed by atoms with van der Waals surface area (Å²) in [5.41, 5.74) is 1.83. The van der Waals surface area contributed by atoms with Crippen molar-refractivity contribution in [3.8, 4) is 0 Å². The second kappa shape index (κ2) is 5.00. The maximum absolute atomic E-state index is 6.66. The van der Waals surface area contributed by atoms with E-state index < -0.39 is 0 Å². The second-order valence-electron chi connectivity index (χ2n) is 6.67. The Bertz CT molecular complexity index is 1490. The number of fused-ring (bicyclic) bond motifs is 10. The molecule has 0 atom stereocenters. The number of hydrogen-bond donors (Lipinski definition) is 0. The molecule has 1 nitrogen and oxygen atoms in total. The van der Waals surface area contributed by atoms with Gasteiger partial charge in [0.25, 0.3) is 0 Å². The molecule has 0 aliphatic rings. The predicted molar refractivity (Wildman–Crippen MR) is 111 cm³/mol. The van der Waals surface area contributed by atoms with Crippen molar-refractivity contribution in [2.24, 2.45) is 0 Å². The Hall–Kier alpha value is -3.03. The Balaban J connectivity index is 2.07. The first kappa shape index (κ1) is 14.2. The van der Waals surface area contributed by atoms with Gasteiger partial charge in [0.2, 0.25) is 0 Å². The zero-order valence-corrected chi connectivity index (χ0v) is 14.5. The third-order valence-electron chi connectivity index (χ3n) is 5.31. The molecule has 0 bridgehead atoms. The van der Waals surface area contributed by atoms with Crippen LogP contribution in [0.2, 0.25) is 5.02 Å². The quantitative estimate of drug-likeness (QED) is 0.255. The Kier molecular flexibility index (Phi) is 2.72. The molecule has 0 spiro atoms. The molecular weight excluding hydrogens is 340 g/mol. The molecular formula is C24H13ClO. The summed E-state index contributed by atoms with van der Waals surface area (Å²) in [6, 6.07) is 27.1. The molecule has 1 heterocycles. The Morgan fingerprint density at radius 1 is 0.462 bits per heavy atom. The molecule has 26 heavy (non-hydrogen) atoms. The normalized spacial score (nSPS) is 12.0. The highest BCUT2D eigenvalue weighted by molar-refractivity contribution is 6.42. The van der Waals surface area contributed by atoms with Gasteiger partial charge in [0, 0.05) is 26.6 Å². The number of benzene rings is 5. The van der Waals surface area contributed by atoms with Crippen LogP contribution in [-0.4, -0.2) is 0 Å². The van der Waals surface area contributed by atoms with Gasteiger partial charge in [-0.2, -0.15) is 0 Å². The molecule has 122 valence electrons. The van der Waals surface area contributed by atoms with Crippen LogP contribution in [0.25, 0.3) is 54.3 Å². The molecule has 0 saturated heterocycles. The molecule has 0 unspecified atom stereocenters. The standard InChI is InChI=1S/C24H13ClO/c25-19-10-5-9-15-14-6-1-2-7-16(14)23-18(22(15)19)12-13-21-24(23)17-8-3-4-11-20(17)26-21/h1-13H. The zero-order chi connectivity index (χ0) is 17.3. The summed E-state index contributed by atoms with van der Waals surface area (Å²) in [6.45, 7) is 0. The van der Waals surface area contributed by atoms with Crippen LogP contribution in [0.4, 0.5) is 0 Å². The van der Waals surface area contributed by atoms with Crippen molar-refractivity contribution in [1.82, 2.24) is 0 Å². The fraction of sp³-hybridized carbons (Fsp3) is 0. The smallest absolute Gasteiger partial charge is 0.136 e. The number of furan rings is 1. The fourth-order valence-electron chi connectivity index (χ4n) is 4.26. The highest BCUT2D eigenvalue weighted by Gasteiger charge is 2.16. The minimum Gasteiger partial charge on any atom is -0.456 e. The molecule has 0 radical (unpaired) electrons. The van der Waals surface area contributed by atoms with Gasteiger partial charge in [-0.15, -0.1) is 0 Å². The minimum atomic E-state index is 0.783. The van der Waals surface area contributed by atoms with E-state index in [1.54, 1.807) is 0 Å². The minimum absolute atomic E-state index is 0.783. The van der Waals surface area contributed by atoms with Crippen molar-refractivity contribution in [3.05, 3.63) is 83.9 Å². The van der Waals surface area contributed by atoms with Gasteiger partial charge in [0.05, 0.1) is 0 Å². The van der Waals surface area contributed by atoms with E-state index in [1.165, 1.54) is 26.9 Å². The maximum Gasteiger partial charge on any atom is 0.136 e. The Morgan fingerprint density at radius 2 is 1.15 bits per heavy atom. The highest BCUT2D eigenvalue weighted by Crippen LogP contribution is 2.43. The summed E-state index contributed by atoms with van der Waals surface area (Å²) >= 11 is 6.66. The lowest BCUT2D eigenvalue weighted by Gasteiger charge is -2.12. The van der Waals surface area contributed by atoms with E-state index in [0.29, 0.717) is 0 Å². The van der Waals surface area contributed by atoms with Crippen LogP contribution in [0, 0.1) is 0 Å². The van der Waals surface area contributed by atoms with Crippen LogP contribution in [0.3, 0.4) is 0 Å². The largest absolute Gasteiger partial charge is 0.456 e. The average Bonchev–Trinajstić information content (AvgIpc) is 3.06. The summed E-state index contributed by atoms with van der Waals surface area (Å²) in [5, 5.41) is 10.2. The third kappa shape index (κ3) is 1.71. The average molecular weight is 353 g/mol.